The van der Waals surface area contributed by atoms with Crippen molar-refractivity contribution in [1.29, 1.82) is 0 Å². The lowest BCUT2D eigenvalue weighted by atomic mass is 9.67. The number of carbonyl (C=O) groups excluding carboxylic acids is 1. The van der Waals surface area contributed by atoms with Crippen LogP contribution in [0.1, 0.15) is 40.0 Å². The molecule has 3 rings (SSSR count). The van der Waals surface area contributed by atoms with E-state index in [2.05, 4.69) is 32.2 Å². The Balaban J connectivity index is 1.78. The second-order valence-electron chi connectivity index (χ2n) is 7.69. The molecule has 1 spiro atoms. The molecule has 1 unspecified atom stereocenters. The number of rotatable bonds is 6. The SMILES string of the molecule is CO[C@H]1[C@H](C2(C)O[C@@H]2CC=C(C)C)[C@]2(CC[C@H]1NC(=O)CCl)CO2. The van der Waals surface area contributed by atoms with Crippen LogP contribution in [0.3, 0.4) is 0 Å². The van der Waals surface area contributed by atoms with Gasteiger partial charge in [-0.05, 0) is 40.0 Å². The number of hydrogen-bond acceptors (Lipinski definition) is 4. The fraction of sp³-hybridized carbons (Fsp3) is 0.833. The van der Waals surface area contributed by atoms with E-state index >= 15 is 0 Å². The second kappa shape index (κ2) is 6.60. The largest absolute Gasteiger partial charge is 0.379 e. The van der Waals surface area contributed by atoms with Crippen molar-refractivity contribution < 1.29 is 19.0 Å². The summed E-state index contributed by atoms with van der Waals surface area (Å²) in [6, 6.07) is -0.0498. The van der Waals surface area contributed by atoms with E-state index in [0.717, 1.165) is 25.9 Å². The van der Waals surface area contributed by atoms with Crippen molar-refractivity contribution in [2.45, 2.75) is 69.5 Å². The number of allylic oxidation sites excluding steroid dienone is 1. The molecule has 5 nitrogen and oxygen atoms in total. The molecule has 6 atom stereocenters. The van der Waals surface area contributed by atoms with Gasteiger partial charge in [-0.25, -0.2) is 0 Å². The molecule has 0 aromatic carbocycles. The first kappa shape index (κ1) is 18.2. The number of methoxy groups -OCH3 is 1. The van der Waals surface area contributed by atoms with E-state index in [9.17, 15) is 4.79 Å². The van der Waals surface area contributed by atoms with E-state index in [-0.39, 0.29) is 47.2 Å². The average Bonchev–Trinajstić information content (AvgIpc) is 3.45. The fourth-order valence-electron chi connectivity index (χ4n) is 4.39. The van der Waals surface area contributed by atoms with Crippen LogP contribution < -0.4 is 5.32 Å². The zero-order valence-corrected chi connectivity index (χ0v) is 15.7. The lowest BCUT2D eigenvalue weighted by Crippen LogP contribution is -2.59. The van der Waals surface area contributed by atoms with Crippen molar-refractivity contribution in [3.8, 4) is 0 Å². The van der Waals surface area contributed by atoms with Crippen LogP contribution in [0.5, 0.6) is 0 Å². The van der Waals surface area contributed by atoms with Gasteiger partial charge in [0.05, 0.1) is 30.5 Å². The number of nitrogens with one attached hydrogen (secondary N) is 1. The van der Waals surface area contributed by atoms with Crippen LogP contribution in [-0.4, -0.2) is 55.0 Å². The van der Waals surface area contributed by atoms with E-state index < -0.39 is 0 Å². The molecule has 6 heteroatoms. The Morgan fingerprint density at radius 1 is 1.46 bits per heavy atom. The fourth-order valence-corrected chi connectivity index (χ4v) is 4.46. The highest BCUT2D eigenvalue weighted by Crippen LogP contribution is 2.59. The number of alkyl halides is 1. The van der Waals surface area contributed by atoms with E-state index in [1.165, 1.54) is 5.57 Å². The van der Waals surface area contributed by atoms with E-state index in [1.807, 2.05) is 0 Å². The maximum absolute atomic E-state index is 11.8. The molecule has 2 saturated heterocycles. The van der Waals surface area contributed by atoms with Gasteiger partial charge in [0.25, 0.3) is 0 Å². The summed E-state index contributed by atoms with van der Waals surface area (Å²) in [6.07, 6.45) is 4.92. The molecule has 1 saturated carbocycles. The molecule has 3 aliphatic rings. The van der Waals surface area contributed by atoms with Gasteiger partial charge in [-0.2, -0.15) is 0 Å². The Hall–Kier alpha value is -0.620. The van der Waals surface area contributed by atoms with Crippen LogP contribution >= 0.6 is 11.6 Å². The standard InChI is InChI=1S/C18H28ClNO4/c1-11(2)5-6-13-17(3,24-13)16-15(22-4)12(20-14(21)9-19)7-8-18(16)10-23-18/h5,12-13,15-16H,6-10H2,1-4H3,(H,20,21)/t12-,13-,15-,16-,17?,18+/m1/s1. The normalized spacial score (nSPS) is 43.4. The quantitative estimate of drug-likeness (QED) is 0.450. The number of epoxide rings is 2. The molecule has 2 heterocycles. The van der Waals surface area contributed by atoms with Gasteiger partial charge in [-0.15, -0.1) is 11.6 Å². The van der Waals surface area contributed by atoms with Crippen molar-refractivity contribution in [1.82, 2.24) is 5.32 Å². The number of halogens is 1. The van der Waals surface area contributed by atoms with Crippen LogP contribution in [0.2, 0.25) is 0 Å². The number of hydrogen-bond donors (Lipinski definition) is 1. The molecular formula is C18H28ClNO4. The zero-order chi connectivity index (χ0) is 17.5. The molecule has 0 radical (unpaired) electrons. The molecule has 0 aromatic heterocycles. The average molecular weight is 358 g/mol. The molecule has 24 heavy (non-hydrogen) atoms. The Kier molecular flexibility index (Phi) is 5.00. The number of carbonyl (C=O) groups is 1. The summed E-state index contributed by atoms with van der Waals surface area (Å²) in [4.78, 5) is 11.8. The first-order chi connectivity index (χ1) is 11.4. The first-order valence-electron chi connectivity index (χ1n) is 8.69. The summed E-state index contributed by atoms with van der Waals surface area (Å²) in [5, 5.41) is 3.01. The lowest BCUT2D eigenvalue weighted by molar-refractivity contribution is -0.123. The van der Waals surface area contributed by atoms with Gasteiger partial charge in [-0.3, -0.25) is 4.79 Å². The smallest absolute Gasteiger partial charge is 0.235 e. The zero-order valence-electron chi connectivity index (χ0n) is 14.9. The maximum Gasteiger partial charge on any atom is 0.235 e. The van der Waals surface area contributed by atoms with Crippen LogP contribution in [0.15, 0.2) is 11.6 Å². The highest BCUT2D eigenvalue weighted by atomic mass is 35.5. The van der Waals surface area contributed by atoms with Crippen LogP contribution in [0, 0.1) is 5.92 Å². The Bertz CT molecular complexity index is 529. The van der Waals surface area contributed by atoms with E-state index in [1.54, 1.807) is 7.11 Å². The molecule has 1 aliphatic carbocycles. The Labute approximate surface area is 149 Å². The third-order valence-corrected chi connectivity index (χ3v) is 6.00. The minimum absolute atomic E-state index is 0.0315. The maximum atomic E-state index is 11.8. The minimum Gasteiger partial charge on any atom is -0.379 e. The molecule has 136 valence electrons. The van der Waals surface area contributed by atoms with Gasteiger partial charge in [-0.1, -0.05) is 11.6 Å². The molecule has 0 bridgehead atoms. The Morgan fingerprint density at radius 3 is 2.71 bits per heavy atom. The van der Waals surface area contributed by atoms with Crippen LogP contribution in [0.4, 0.5) is 0 Å². The highest BCUT2D eigenvalue weighted by Gasteiger charge is 2.71. The molecule has 1 amide bonds. The summed E-state index contributed by atoms with van der Waals surface area (Å²) in [7, 11) is 1.70. The summed E-state index contributed by atoms with van der Waals surface area (Å²) in [5.41, 5.74) is 0.870. The van der Waals surface area contributed by atoms with Crippen molar-refractivity contribution >= 4 is 17.5 Å². The van der Waals surface area contributed by atoms with Gasteiger partial charge < -0.3 is 19.5 Å². The van der Waals surface area contributed by atoms with Gasteiger partial charge in [0.1, 0.15) is 11.5 Å². The van der Waals surface area contributed by atoms with E-state index in [0.29, 0.717) is 0 Å². The van der Waals surface area contributed by atoms with Gasteiger partial charge in [0.15, 0.2) is 0 Å². The van der Waals surface area contributed by atoms with Crippen molar-refractivity contribution in [3.63, 3.8) is 0 Å². The molecule has 1 N–H and O–H groups in total. The third kappa shape index (κ3) is 3.24. The van der Waals surface area contributed by atoms with Gasteiger partial charge in [0.2, 0.25) is 5.91 Å². The van der Waals surface area contributed by atoms with E-state index in [4.69, 9.17) is 25.8 Å². The Morgan fingerprint density at radius 2 is 2.17 bits per heavy atom. The predicted octanol–water partition coefficient (Wildman–Crippen LogP) is 2.42. The minimum atomic E-state index is -0.270. The molecule has 3 fully saturated rings. The third-order valence-electron chi connectivity index (χ3n) is 5.76. The molecule has 0 aromatic rings. The molecular weight excluding hydrogens is 330 g/mol. The first-order valence-corrected chi connectivity index (χ1v) is 9.23. The summed E-state index contributed by atoms with van der Waals surface area (Å²) < 4.78 is 17.9. The van der Waals surface area contributed by atoms with Gasteiger partial charge in [0, 0.05) is 13.0 Å². The number of ether oxygens (including phenoxy) is 3. The highest BCUT2D eigenvalue weighted by molar-refractivity contribution is 6.27. The summed E-state index contributed by atoms with van der Waals surface area (Å²) in [5.74, 6) is -0.0750. The van der Waals surface area contributed by atoms with Crippen molar-refractivity contribution in [3.05, 3.63) is 11.6 Å². The van der Waals surface area contributed by atoms with Crippen molar-refractivity contribution in [2.24, 2.45) is 5.92 Å². The van der Waals surface area contributed by atoms with Gasteiger partial charge >= 0.3 is 0 Å². The topological polar surface area (TPSA) is 63.4 Å². The van der Waals surface area contributed by atoms with Crippen molar-refractivity contribution in [2.75, 3.05) is 19.6 Å². The second-order valence-corrected chi connectivity index (χ2v) is 7.95. The summed E-state index contributed by atoms with van der Waals surface area (Å²) in [6.45, 7) is 7.10. The van der Waals surface area contributed by atoms with Crippen LogP contribution in [0.25, 0.3) is 0 Å². The van der Waals surface area contributed by atoms with Crippen LogP contribution in [-0.2, 0) is 19.0 Å². The summed E-state index contributed by atoms with van der Waals surface area (Å²) >= 11 is 5.65. The predicted molar refractivity (Wildman–Crippen MR) is 92.2 cm³/mol. The monoisotopic (exact) mass is 357 g/mol. The lowest BCUT2D eigenvalue weighted by Gasteiger charge is -2.43. The molecule has 2 aliphatic heterocycles. The number of amides is 1.